The molecule has 2 N–H and O–H groups in total. The van der Waals surface area contributed by atoms with Gasteiger partial charge in [0.2, 0.25) is 0 Å². The van der Waals surface area contributed by atoms with Crippen LogP contribution in [-0.4, -0.2) is 33.3 Å². The van der Waals surface area contributed by atoms with Crippen molar-refractivity contribution in [1.29, 1.82) is 0 Å². The highest BCUT2D eigenvalue weighted by Gasteiger charge is 2.25. The third-order valence-corrected chi connectivity index (χ3v) is 3.69. The maximum atomic E-state index is 12.2. The van der Waals surface area contributed by atoms with Crippen molar-refractivity contribution in [2.75, 3.05) is 17.7 Å². The molecule has 3 aromatic rings. The van der Waals surface area contributed by atoms with Crippen molar-refractivity contribution in [3.8, 4) is 12.3 Å². The number of amides is 1. The van der Waals surface area contributed by atoms with E-state index in [0.29, 0.717) is 28.4 Å². The fraction of sp³-hybridized carbons (Fsp3) is 0.286. The van der Waals surface area contributed by atoms with Crippen LogP contribution in [0.25, 0.3) is 11.0 Å². The number of ether oxygens (including phenoxy) is 1. The molecule has 2 heterocycles. The van der Waals surface area contributed by atoms with Crippen molar-refractivity contribution in [2.24, 2.45) is 7.05 Å². The number of hydrogen-bond donors (Lipinski definition) is 1. The van der Waals surface area contributed by atoms with E-state index in [-0.39, 0.29) is 0 Å². The number of nitrogens with zero attached hydrogens (tertiary/aromatic N) is 4. The number of benzene rings is 1. The Labute approximate surface area is 165 Å². The van der Waals surface area contributed by atoms with Crippen LogP contribution in [0.3, 0.4) is 0 Å². The lowest BCUT2D eigenvalue weighted by Crippen LogP contribution is -2.34. The van der Waals surface area contributed by atoms with E-state index in [1.165, 1.54) is 11.1 Å². The number of imidazole rings is 1. The van der Waals surface area contributed by atoms with Crippen molar-refractivity contribution >= 4 is 28.6 Å². The molecule has 0 atom stereocenters. The molecule has 2 aromatic heterocycles. The number of nitrogen functional groups attached to an aromatic ring is 1. The van der Waals surface area contributed by atoms with E-state index in [1.54, 1.807) is 39.4 Å². The number of rotatable bonds is 1. The van der Waals surface area contributed by atoms with E-state index in [4.69, 9.17) is 16.9 Å². The van der Waals surface area contributed by atoms with Crippen LogP contribution in [0.1, 0.15) is 26.6 Å². The molecule has 0 radical (unpaired) electrons. The molecule has 0 unspecified atom stereocenters. The fourth-order valence-electron chi connectivity index (χ4n) is 2.41. The maximum absolute atomic E-state index is 12.2. The number of terminal acetylenes is 1. The minimum absolute atomic E-state index is 0.343. The van der Waals surface area contributed by atoms with Crippen LogP contribution in [0.2, 0.25) is 0 Å². The summed E-state index contributed by atoms with van der Waals surface area (Å²) in [6, 6.07) is 12.0. The lowest BCUT2D eigenvalue weighted by Gasteiger charge is -2.24. The summed E-state index contributed by atoms with van der Waals surface area (Å²) in [6.45, 7) is 5.38. The van der Waals surface area contributed by atoms with E-state index in [9.17, 15) is 4.79 Å². The summed E-state index contributed by atoms with van der Waals surface area (Å²) in [6.07, 6.45) is 6.38. The van der Waals surface area contributed by atoms with Gasteiger partial charge in [0.15, 0.2) is 11.6 Å². The summed E-state index contributed by atoms with van der Waals surface area (Å²) in [4.78, 5) is 22.0. The van der Waals surface area contributed by atoms with Gasteiger partial charge in [-0.3, -0.25) is 4.90 Å². The molecule has 7 heteroatoms. The van der Waals surface area contributed by atoms with Crippen molar-refractivity contribution in [3.05, 3.63) is 48.4 Å². The highest BCUT2D eigenvalue weighted by atomic mass is 16.6. The zero-order valence-electron chi connectivity index (χ0n) is 16.8. The van der Waals surface area contributed by atoms with Gasteiger partial charge in [0.25, 0.3) is 0 Å². The Morgan fingerprint density at radius 3 is 2.21 bits per heavy atom. The average Bonchev–Trinajstić information content (AvgIpc) is 2.99. The number of pyridine rings is 1. The van der Waals surface area contributed by atoms with Gasteiger partial charge >= 0.3 is 6.09 Å². The molecule has 0 bridgehead atoms. The molecule has 0 saturated carbocycles. The largest absolute Gasteiger partial charge is 0.443 e. The fourth-order valence-corrected chi connectivity index (χ4v) is 2.41. The molecule has 28 heavy (non-hydrogen) atoms. The van der Waals surface area contributed by atoms with Crippen LogP contribution in [0, 0.1) is 12.3 Å². The second-order valence-electron chi connectivity index (χ2n) is 7.07. The standard InChI is InChI=1S/C15H19N5O2.C6H6/c1-7-10-18-11-12(19(10)5)9(16)8-17-13(11)20(6)14(21)22-15(2,3)4;1-2-4-6-5-3-1/h1,8H,16H2,2-6H3;1-6H. The van der Waals surface area contributed by atoms with Gasteiger partial charge in [-0.1, -0.05) is 36.4 Å². The molecular formula is C21H25N5O2. The summed E-state index contributed by atoms with van der Waals surface area (Å²) >= 11 is 0. The molecule has 0 spiro atoms. The molecule has 0 aliphatic rings. The summed E-state index contributed by atoms with van der Waals surface area (Å²) in [5.41, 5.74) is 6.87. The minimum Gasteiger partial charge on any atom is -0.443 e. The normalized spacial score (nSPS) is 10.6. The molecule has 146 valence electrons. The predicted octanol–water partition coefficient (Wildman–Crippen LogP) is 3.59. The summed E-state index contributed by atoms with van der Waals surface area (Å²) in [5, 5.41) is 0. The first-order valence-corrected chi connectivity index (χ1v) is 8.70. The van der Waals surface area contributed by atoms with Gasteiger partial charge in [-0.25, -0.2) is 14.8 Å². The van der Waals surface area contributed by atoms with Gasteiger partial charge in [-0.2, -0.15) is 0 Å². The number of anilines is 2. The molecule has 0 fully saturated rings. The molecule has 3 rings (SSSR count). The van der Waals surface area contributed by atoms with Gasteiger partial charge in [0.1, 0.15) is 11.1 Å². The summed E-state index contributed by atoms with van der Waals surface area (Å²) in [5.74, 6) is 3.23. The highest BCUT2D eigenvalue weighted by Crippen LogP contribution is 2.28. The lowest BCUT2D eigenvalue weighted by molar-refractivity contribution is 0.0588. The van der Waals surface area contributed by atoms with Gasteiger partial charge in [-0.05, 0) is 26.7 Å². The molecule has 7 nitrogen and oxygen atoms in total. The van der Waals surface area contributed by atoms with Gasteiger partial charge < -0.3 is 15.0 Å². The monoisotopic (exact) mass is 379 g/mol. The molecule has 1 aromatic carbocycles. The number of nitrogens with two attached hydrogens (primary N) is 1. The van der Waals surface area contributed by atoms with Crippen molar-refractivity contribution in [3.63, 3.8) is 0 Å². The van der Waals surface area contributed by atoms with Gasteiger partial charge in [-0.15, -0.1) is 6.42 Å². The zero-order chi connectivity index (χ0) is 20.9. The molecule has 0 saturated heterocycles. The zero-order valence-corrected chi connectivity index (χ0v) is 16.8. The average molecular weight is 379 g/mol. The van der Waals surface area contributed by atoms with Crippen LogP contribution in [0.5, 0.6) is 0 Å². The summed E-state index contributed by atoms with van der Waals surface area (Å²) in [7, 11) is 3.33. The Balaban J connectivity index is 0.000000397. The number of carbonyl (C=O) groups is 1. The van der Waals surface area contributed by atoms with Crippen LogP contribution < -0.4 is 10.6 Å². The van der Waals surface area contributed by atoms with E-state index >= 15 is 0 Å². The number of aryl methyl sites for hydroxylation is 1. The second-order valence-corrected chi connectivity index (χ2v) is 7.07. The molecule has 0 aliphatic heterocycles. The highest BCUT2D eigenvalue weighted by molar-refractivity contribution is 6.00. The van der Waals surface area contributed by atoms with Gasteiger partial charge in [0.05, 0.1) is 17.4 Å². The summed E-state index contributed by atoms with van der Waals surface area (Å²) < 4.78 is 7.03. The van der Waals surface area contributed by atoms with E-state index in [1.807, 2.05) is 36.4 Å². The Hall–Kier alpha value is -3.53. The van der Waals surface area contributed by atoms with Crippen molar-refractivity contribution < 1.29 is 9.53 Å². The first-order valence-electron chi connectivity index (χ1n) is 8.70. The number of hydrogen-bond acceptors (Lipinski definition) is 5. The maximum Gasteiger partial charge on any atom is 0.415 e. The van der Waals surface area contributed by atoms with Crippen LogP contribution >= 0.6 is 0 Å². The smallest absolute Gasteiger partial charge is 0.415 e. The predicted molar refractivity (Wildman–Crippen MR) is 112 cm³/mol. The topological polar surface area (TPSA) is 86.3 Å². The minimum atomic E-state index is -0.605. The number of carbonyl (C=O) groups excluding carboxylic acids is 1. The van der Waals surface area contributed by atoms with E-state index < -0.39 is 11.7 Å². The number of fused-ring (bicyclic) bond motifs is 1. The SMILES string of the molecule is C#Cc1nc2c(N(C)C(=O)OC(C)(C)C)ncc(N)c2n1C.c1ccccc1. The van der Waals surface area contributed by atoms with Crippen molar-refractivity contribution in [1.82, 2.24) is 14.5 Å². The van der Waals surface area contributed by atoms with E-state index in [2.05, 4.69) is 15.9 Å². The third-order valence-electron chi connectivity index (χ3n) is 3.69. The Morgan fingerprint density at radius 1 is 1.21 bits per heavy atom. The van der Waals surface area contributed by atoms with Crippen LogP contribution in [0.15, 0.2) is 42.6 Å². The van der Waals surface area contributed by atoms with Crippen molar-refractivity contribution in [2.45, 2.75) is 26.4 Å². The molecule has 0 aliphatic carbocycles. The Bertz CT molecular complexity index is 971. The second kappa shape index (κ2) is 8.44. The lowest BCUT2D eigenvalue weighted by atomic mass is 10.2. The first kappa shape index (κ1) is 20.8. The van der Waals surface area contributed by atoms with Crippen LogP contribution in [0.4, 0.5) is 16.3 Å². The first-order chi connectivity index (χ1) is 13.2. The Kier molecular flexibility index (Phi) is 6.26. The molecule has 1 amide bonds. The molecular weight excluding hydrogens is 354 g/mol. The quantitative estimate of drug-likeness (QED) is 0.653. The van der Waals surface area contributed by atoms with Crippen LogP contribution in [-0.2, 0) is 11.8 Å². The number of aromatic nitrogens is 3. The van der Waals surface area contributed by atoms with E-state index in [0.717, 1.165) is 0 Å². The third kappa shape index (κ3) is 4.80. The Morgan fingerprint density at radius 2 is 1.75 bits per heavy atom. The van der Waals surface area contributed by atoms with Gasteiger partial charge in [0, 0.05) is 14.1 Å².